The molecule has 0 unspecified atom stereocenters. The van der Waals surface area contributed by atoms with Crippen LogP contribution in [-0.4, -0.2) is 41.1 Å². The summed E-state index contributed by atoms with van der Waals surface area (Å²) in [5, 5.41) is 12.3. The number of aliphatic hydroxyl groups excluding tert-OH is 1. The molecule has 9 heteroatoms. The highest BCUT2D eigenvalue weighted by atomic mass is 32.2. The third-order valence-electron chi connectivity index (χ3n) is 4.75. The Kier molecular flexibility index (Phi) is 5.87. The van der Waals surface area contributed by atoms with Crippen LogP contribution in [0.1, 0.15) is 37.0 Å². The molecular weight excluding hydrogens is 404 g/mol. The van der Waals surface area contributed by atoms with Gasteiger partial charge in [-0.3, -0.25) is 9.52 Å². The number of hydrogen-bond acceptors (Lipinski definition) is 5. The van der Waals surface area contributed by atoms with Gasteiger partial charge in [-0.05, 0) is 52.0 Å². The lowest BCUT2D eigenvalue weighted by Crippen LogP contribution is -2.46. The molecule has 1 heterocycles. The monoisotopic (exact) mass is 430 g/mol. The first-order valence-electron chi connectivity index (χ1n) is 9.60. The van der Waals surface area contributed by atoms with E-state index in [0.29, 0.717) is 23.4 Å². The quantitative estimate of drug-likeness (QED) is 0.533. The number of sulfonamides is 1. The summed E-state index contributed by atoms with van der Waals surface area (Å²) in [6.07, 6.45) is 0. The van der Waals surface area contributed by atoms with Gasteiger partial charge in [0.2, 0.25) is 0 Å². The maximum Gasteiger partial charge on any atom is 0.261 e. The van der Waals surface area contributed by atoms with Crippen molar-refractivity contribution in [3.05, 3.63) is 53.9 Å². The fraction of sp³-hybridized carbons (Fsp3) is 0.333. The number of aromatic nitrogens is 2. The summed E-state index contributed by atoms with van der Waals surface area (Å²) < 4.78 is 29.9. The van der Waals surface area contributed by atoms with Crippen molar-refractivity contribution < 1.29 is 18.3 Å². The van der Waals surface area contributed by atoms with E-state index in [0.717, 1.165) is 0 Å². The predicted octanol–water partition coefficient (Wildman–Crippen LogP) is 2.67. The third kappa shape index (κ3) is 4.31. The van der Waals surface area contributed by atoms with Gasteiger partial charge in [0.1, 0.15) is 5.82 Å². The molecule has 0 spiro atoms. The molecule has 0 saturated heterocycles. The number of benzene rings is 2. The van der Waals surface area contributed by atoms with Crippen LogP contribution < -0.4 is 10.0 Å². The number of aryl methyl sites for hydroxylation is 2. The van der Waals surface area contributed by atoms with Crippen molar-refractivity contribution in [1.82, 2.24) is 14.9 Å². The molecule has 0 bridgehead atoms. The summed E-state index contributed by atoms with van der Waals surface area (Å²) in [7, 11) is -3.83. The van der Waals surface area contributed by atoms with Crippen LogP contribution in [0.4, 0.5) is 5.69 Å². The summed E-state index contributed by atoms with van der Waals surface area (Å²) in [6, 6.07) is 11.1. The van der Waals surface area contributed by atoms with Crippen molar-refractivity contribution in [2.75, 3.05) is 11.3 Å². The van der Waals surface area contributed by atoms with E-state index in [-0.39, 0.29) is 22.8 Å². The molecule has 3 N–H and O–H groups in total. The van der Waals surface area contributed by atoms with Gasteiger partial charge in [0.25, 0.3) is 15.9 Å². The van der Waals surface area contributed by atoms with Crippen molar-refractivity contribution in [2.45, 2.75) is 44.7 Å². The summed E-state index contributed by atoms with van der Waals surface area (Å²) >= 11 is 0. The Labute approximate surface area is 176 Å². The normalized spacial score (nSPS) is 12.2. The van der Waals surface area contributed by atoms with Gasteiger partial charge in [0.05, 0.1) is 39.3 Å². The molecule has 0 aliphatic heterocycles. The molecule has 3 rings (SSSR count). The number of rotatable bonds is 7. The average molecular weight is 431 g/mol. The summed E-state index contributed by atoms with van der Waals surface area (Å²) in [6.45, 7) is 7.53. The van der Waals surface area contributed by atoms with Crippen LogP contribution in [0.5, 0.6) is 0 Å². The predicted molar refractivity (Wildman–Crippen MR) is 116 cm³/mol. The number of nitrogens with zero attached hydrogens (tertiary/aromatic N) is 2. The van der Waals surface area contributed by atoms with Crippen molar-refractivity contribution >= 4 is 32.7 Å². The smallest absolute Gasteiger partial charge is 0.261 e. The van der Waals surface area contributed by atoms with Crippen LogP contribution >= 0.6 is 0 Å². The first kappa shape index (κ1) is 21.8. The minimum absolute atomic E-state index is 0.118. The van der Waals surface area contributed by atoms with Crippen molar-refractivity contribution in [2.24, 2.45) is 0 Å². The van der Waals surface area contributed by atoms with Gasteiger partial charge in [0, 0.05) is 6.54 Å². The van der Waals surface area contributed by atoms with Gasteiger partial charge in [-0.15, -0.1) is 0 Å². The van der Waals surface area contributed by atoms with Crippen molar-refractivity contribution in [3.63, 3.8) is 0 Å². The molecule has 0 radical (unpaired) electrons. The average Bonchev–Trinajstić information content (AvgIpc) is 3.02. The molecule has 1 aromatic heterocycles. The van der Waals surface area contributed by atoms with Crippen LogP contribution in [0, 0.1) is 6.92 Å². The van der Waals surface area contributed by atoms with E-state index in [1.165, 1.54) is 18.2 Å². The maximum atomic E-state index is 13.1. The zero-order valence-electron chi connectivity index (χ0n) is 17.4. The zero-order valence-corrected chi connectivity index (χ0v) is 18.2. The van der Waals surface area contributed by atoms with Crippen LogP contribution in [0.25, 0.3) is 11.0 Å². The van der Waals surface area contributed by atoms with E-state index in [9.17, 15) is 18.3 Å². The molecule has 0 aliphatic rings. The summed E-state index contributed by atoms with van der Waals surface area (Å²) in [4.78, 5) is 17.7. The van der Waals surface area contributed by atoms with E-state index >= 15 is 0 Å². The fourth-order valence-electron chi connectivity index (χ4n) is 3.23. The standard InChI is InChI=1S/C21H26N4O4S/c1-5-25-14(2)22-18-12-15(24-30(28,29)16-9-7-6-8-10-16)11-17(19(18)25)20(27)23-21(3,4)13-26/h6-12,24,26H,5,13H2,1-4H3,(H,23,27). The SMILES string of the molecule is CCn1c(C)nc2cc(NS(=O)(=O)c3ccccc3)cc(C(=O)NC(C)(C)CO)c21. The van der Waals surface area contributed by atoms with Gasteiger partial charge in [-0.25, -0.2) is 13.4 Å². The van der Waals surface area contributed by atoms with E-state index in [1.54, 1.807) is 38.1 Å². The topological polar surface area (TPSA) is 113 Å². The van der Waals surface area contributed by atoms with Crippen LogP contribution in [0.2, 0.25) is 0 Å². The van der Waals surface area contributed by atoms with Gasteiger partial charge < -0.3 is 15.0 Å². The number of fused-ring (bicyclic) bond motifs is 1. The van der Waals surface area contributed by atoms with Gasteiger partial charge in [0.15, 0.2) is 0 Å². The molecule has 0 atom stereocenters. The molecule has 0 aliphatic carbocycles. The first-order chi connectivity index (χ1) is 14.1. The Morgan fingerprint density at radius 1 is 1.20 bits per heavy atom. The maximum absolute atomic E-state index is 13.1. The number of imidazole rings is 1. The molecule has 0 fully saturated rings. The number of nitrogens with one attached hydrogen (secondary N) is 2. The molecule has 160 valence electrons. The fourth-order valence-corrected chi connectivity index (χ4v) is 4.29. The van der Waals surface area contributed by atoms with E-state index in [4.69, 9.17) is 0 Å². The minimum atomic E-state index is -3.83. The Morgan fingerprint density at radius 2 is 1.87 bits per heavy atom. The summed E-state index contributed by atoms with van der Waals surface area (Å²) in [5.41, 5.74) is 0.800. The van der Waals surface area contributed by atoms with Crippen LogP contribution in [-0.2, 0) is 16.6 Å². The number of carbonyl (C=O) groups excluding carboxylic acids is 1. The number of hydrogen-bond donors (Lipinski definition) is 3. The number of anilines is 1. The molecule has 0 saturated carbocycles. The van der Waals surface area contributed by atoms with Crippen LogP contribution in [0.15, 0.2) is 47.4 Å². The van der Waals surface area contributed by atoms with Gasteiger partial charge in [-0.1, -0.05) is 18.2 Å². The number of carbonyl (C=O) groups is 1. The molecular formula is C21H26N4O4S. The second-order valence-corrected chi connectivity index (χ2v) is 9.39. The third-order valence-corrected chi connectivity index (χ3v) is 6.14. The van der Waals surface area contributed by atoms with Gasteiger partial charge in [-0.2, -0.15) is 0 Å². The number of amides is 1. The molecule has 1 amide bonds. The largest absolute Gasteiger partial charge is 0.394 e. The zero-order chi connectivity index (χ0) is 22.1. The Balaban J connectivity index is 2.13. The second kappa shape index (κ2) is 8.08. The van der Waals surface area contributed by atoms with E-state index < -0.39 is 21.5 Å². The Hall–Kier alpha value is -2.91. The Morgan fingerprint density at radius 3 is 2.47 bits per heavy atom. The van der Waals surface area contributed by atoms with E-state index in [2.05, 4.69) is 15.0 Å². The van der Waals surface area contributed by atoms with E-state index in [1.807, 2.05) is 18.4 Å². The van der Waals surface area contributed by atoms with Crippen molar-refractivity contribution in [3.8, 4) is 0 Å². The highest BCUT2D eigenvalue weighted by Gasteiger charge is 2.25. The first-order valence-corrected chi connectivity index (χ1v) is 11.1. The highest BCUT2D eigenvalue weighted by molar-refractivity contribution is 7.92. The lowest BCUT2D eigenvalue weighted by atomic mass is 10.1. The van der Waals surface area contributed by atoms with Crippen LogP contribution in [0.3, 0.4) is 0 Å². The molecule has 3 aromatic rings. The molecule has 8 nitrogen and oxygen atoms in total. The Bertz CT molecular complexity index is 1180. The number of aliphatic hydroxyl groups is 1. The lowest BCUT2D eigenvalue weighted by molar-refractivity contribution is 0.0870. The lowest BCUT2D eigenvalue weighted by Gasteiger charge is -2.24. The second-order valence-electron chi connectivity index (χ2n) is 7.71. The van der Waals surface area contributed by atoms with Crippen molar-refractivity contribution in [1.29, 1.82) is 0 Å². The highest BCUT2D eigenvalue weighted by Crippen LogP contribution is 2.27. The molecule has 30 heavy (non-hydrogen) atoms. The minimum Gasteiger partial charge on any atom is -0.394 e. The molecule has 2 aromatic carbocycles. The van der Waals surface area contributed by atoms with Gasteiger partial charge >= 0.3 is 0 Å². The summed E-state index contributed by atoms with van der Waals surface area (Å²) in [5.74, 6) is 0.292.